The lowest BCUT2D eigenvalue weighted by Gasteiger charge is -2.16. The minimum absolute atomic E-state index is 0.0255. The lowest BCUT2D eigenvalue weighted by molar-refractivity contribution is -0.144. The highest BCUT2D eigenvalue weighted by molar-refractivity contribution is 5.93. The summed E-state index contributed by atoms with van der Waals surface area (Å²) in [7, 11) is 3.19. The predicted molar refractivity (Wildman–Crippen MR) is 136 cm³/mol. The van der Waals surface area contributed by atoms with Crippen LogP contribution >= 0.6 is 0 Å². The summed E-state index contributed by atoms with van der Waals surface area (Å²) in [4.78, 5) is 39.6. The molecule has 2 amide bonds. The van der Waals surface area contributed by atoms with Gasteiger partial charge in [0.1, 0.15) is 11.4 Å². The number of nitrogens with zero attached hydrogens (tertiary/aromatic N) is 7. The quantitative estimate of drug-likeness (QED) is 0.331. The molecular weight excluding hydrogens is 490 g/mol. The third kappa shape index (κ3) is 4.47. The second kappa shape index (κ2) is 9.67. The molecule has 38 heavy (non-hydrogen) atoms. The zero-order chi connectivity index (χ0) is 27.0. The van der Waals surface area contributed by atoms with E-state index in [-0.39, 0.29) is 30.1 Å². The number of likely N-dealkylation sites (tertiary alicyclic amines) is 1. The van der Waals surface area contributed by atoms with Gasteiger partial charge in [-0.2, -0.15) is 5.10 Å². The molecule has 1 fully saturated rings. The molecule has 5 heterocycles. The first-order chi connectivity index (χ1) is 18.2. The first-order valence-electron chi connectivity index (χ1n) is 12.0. The van der Waals surface area contributed by atoms with Crippen molar-refractivity contribution >= 4 is 23.6 Å². The van der Waals surface area contributed by atoms with Crippen molar-refractivity contribution in [2.75, 3.05) is 26.0 Å². The van der Waals surface area contributed by atoms with Gasteiger partial charge in [-0.15, -0.1) is 0 Å². The topological polar surface area (TPSA) is 164 Å². The Hall–Kier alpha value is -4.65. The van der Waals surface area contributed by atoms with Crippen LogP contribution in [-0.2, 0) is 10.4 Å². The molecule has 0 aromatic carbocycles. The monoisotopic (exact) mass is 517 g/mol. The van der Waals surface area contributed by atoms with Gasteiger partial charge in [-0.3, -0.25) is 14.3 Å². The fourth-order valence-electron chi connectivity index (χ4n) is 4.22. The SMILES string of the molecule is CNC(=O)c1cc(Nc2nccc(-c3cccc(-c4cc(C5(O)CCN(C)C5=O)on4)n3)n2)nn1C(C)C. The standard InChI is InChI=1S/C25H27N9O4/c1-14(2)34-19(22(35)26-3)13-21(31-34)30-24-27-10-8-17(29-24)15-6-5-7-16(28-15)18-12-20(38-32-18)25(37)9-11-33(4)23(25)36/h5-8,10,12-14,37H,9,11H2,1-4H3,(H,26,35)(H,27,29,30,31). The Bertz CT molecular complexity index is 1510. The number of carbonyl (C=O) groups excluding carboxylic acids is 2. The minimum Gasteiger partial charge on any atom is -0.373 e. The number of amides is 2. The largest absolute Gasteiger partial charge is 0.373 e. The molecule has 0 saturated carbocycles. The Kier molecular flexibility index (Phi) is 6.36. The molecule has 0 spiro atoms. The van der Waals surface area contributed by atoms with Crippen LogP contribution in [0.15, 0.2) is 47.1 Å². The number of aliphatic hydroxyl groups is 1. The van der Waals surface area contributed by atoms with Crippen LogP contribution in [-0.4, -0.2) is 72.3 Å². The van der Waals surface area contributed by atoms with E-state index in [9.17, 15) is 14.7 Å². The highest BCUT2D eigenvalue weighted by Gasteiger charge is 2.48. The van der Waals surface area contributed by atoms with Crippen molar-refractivity contribution in [1.29, 1.82) is 0 Å². The van der Waals surface area contributed by atoms with Crippen molar-refractivity contribution in [2.45, 2.75) is 31.9 Å². The Morgan fingerprint density at radius 2 is 1.87 bits per heavy atom. The normalized spacial score (nSPS) is 17.3. The van der Waals surface area contributed by atoms with Crippen molar-refractivity contribution < 1.29 is 19.2 Å². The molecule has 5 rings (SSSR count). The maximum atomic E-state index is 12.4. The van der Waals surface area contributed by atoms with Crippen LogP contribution in [0.1, 0.15) is 42.6 Å². The predicted octanol–water partition coefficient (Wildman–Crippen LogP) is 2.12. The highest BCUT2D eigenvalue weighted by Crippen LogP contribution is 2.34. The average Bonchev–Trinajstić information content (AvgIpc) is 3.65. The smallest absolute Gasteiger partial charge is 0.269 e. The first-order valence-corrected chi connectivity index (χ1v) is 12.0. The number of aromatic nitrogens is 6. The number of hydrogen-bond donors (Lipinski definition) is 3. The molecule has 4 aromatic rings. The molecular formula is C25H27N9O4. The summed E-state index contributed by atoms with van der Waals surface area (Å²) in [5.74, 6) is 0.114. The van der Waals surface area contributed by atoms with E-state index in [1.165, 1.54) is 11.0 Å². The van der Waals surface area contributed by atoms with Gasteiger partial charge in [0, 0.05) is 51.4 Å². The number of rotatable bonds is 7. The fourth-order valence-corrected chi connectivity index (χ4v) is 4.22. The summed E-state index contributed by atoms with van der Waals surface area (Å²) in [6.45, 7) is 4.29. The van der Waals surface area contributed by atoms with Crippen molar-refractivity contribution in [2.24, 2.45) is 0 Å². The number of likely N-dealkylation sites (N-methyl/N-ethyl adjacent to an activating group) is 1. The summed E-state index contributed by atoms with van der Waals surface area (Å²) in [5, 5.41) is 25.0. The number of carbonyl (C=O) groups is 2. The average molecular weight is 518 g/mol. The van der Waals surface area contributed by atoms with Crippen LogP contribution in [0.2, 0.25) is 0 Å². The van der Waals surface area contributed by atoms with E-state index in [1.807, 2.05) is 13.8 Å². The van der Waals surface area contributed by atoms with Crippen LogP contribution in [0.3, 0.4) is 0 Å². The van der Waals surface area contributed by atoms with Gasteiger partial charge in [0.05, 0.1) is 17.1 Å². The van der Waals surface area contributed by atoms with E-state index in [2.05, 4.69) is 35.8 Å². The van der Waals surface area contributed by atoms with Gasteiger partial charge < -0.3 is 25.2 Å². The minimum atomic E-state index is -1.73. The molecule has 3 N–H and O–H groups in total. The maximum Gasteiger partial charge on any atom is 0.269 e. The summed E-state index contributed by atoms with van der Waals surface area (Å²) in [6, 6.07) is 10.2. The molecule has 1 saturated heterocycles. The van der Waals surface area contributed by atoms with Crippen molar-refractivity contribution in [3.05, 3.63) is 54.0 Å². The van der Waals surface area contributed by atoms with Crippen LogP contribution in [0.25, 0.3) is 22.8 Å². The third-order valence-corrected chi connectivity index (χ3v) is 6.28. The van der Waals surface area contributed by atoms with Crippen LogP contribution in [0.5, 0.6) is 0 Å². The van der Waals surface area contributed by atoms with E-state index >= 15 is 0 Å². The van der Waals surface area contributed by atoms with Crippen LogP contribution in [0.4, 0.5) is 11.8 Å². The van der Waals surface area contributed by atoms with Gasteiger partial charge in [0.2, 0.25) is 11.5 Å². The highest BCUT2D eigenvalue weighted by atomic mass is 16.5. The molecule has 1 atom stereocenters. The van der Waals surface area contributed by atoms with E-state index in [0.717, 1.165) is 0 Å². The lowest BCUT2D eigenvalue weighted by atomic mass is 9.98. The second-order valence-electron chi connectivity index (χ2n) is 9.24. The van der Waals surface area contributed by atoms with E-state index in [4.69, 9.17) is 4.52 Å². The fraction of sp³-hybridized carbons (Fsp3) is 0.320. The molecule has 0 bridgehead atoms. The molecule has 196 valence electrons. The number of hydrogen-bond acceptors (Lipinski definition) is 10. The van der Waals surface area contributed by atoms with Crippen molar-refractivity contribution in [3.8, 4) is 22.8 Å². The van der Waals surface area contributed by atoms with Gasteiger partial charge in [-0.05, 0) is 32.0 Å². The first kappa shape index (κ1) is 25.0. The summed E-state index contributed by atoms with van der Waals surface area (Å²) in [6.07, 6.45) is 1.81. The molecule has 0 radical (unpaired) electrons. The second-order valence-corrected chi connectivity index (χ2v) is 9.24. The zero-order valence-electron chi connectivity index (χ0n) is 21.3. The van der Waals surface area contributed by atoms with Gasteiger partial charge in [-0.25, -0.2) is 15.0 Å². The molecule has 0 aliphatic carbocycles. The maximum absolute atomic E-state index is 12.4. The van der Waals surface area contributed by atoms with Crippen LogP contribution in [0, 0.1) is 0 Å². The summed E-state index contributed by atoms with van der Waals surface area (Å²) < 4.78 is 6.97. The number of anilines is 2. The Morgan fingerprint density at radius 3 is 2.55 bits per heavy atom. The summed E-state index contributed by atoms with van der Waals surface area (Å²) in [5.41, 5.74) is 0.634. The Labute approximate surface area is 217 Å². The Morgan fingerprint density at radius 1 is 1.13 bits per heavy atom. The molecule has 4 aromatic heterocycles. The van der Waals surface area contributed by atoms with E-state index in [0.29, 0.717) is 40.8 Å². The van der Waals surface area contributed by atoms with Crippen LogP contribution < -0.4 is 10.6 Å². The molecule has 1 unspecified atom stereocenters. The van der Waals surface area contributed by atoms with E-state index in [1.54, 1.807) is 55.3 Å². The lowest BCUT2D eigenvalue weighted by Crippen LogP contribution is -2.35. The van der Waals surface area contributed by atoms with Gasteiger partial charge in [-0.1, -0.05) is 11.2 Å². The zero-order valence-corrected chi connectivity index (χ0v) is 21.3. The van der Waals surface area contributed by atoms with Gasteiger partial charge in [0.25, 0.3) is 11.8 Å². The van der Waals surface area contributed by atoms with Crippen molar-refractivity contribution in [1.82, 2.24) is 40.1 Å². The number of pyridine rings is 1. The molecule has 13 nitrogen and oxygen atoms in total. The van der Waals surface area contributed by atoms with E-state index < -0.39 is 11.5 Å². The van der Waals surface area contributed by atoms with Gasteiger partial charge in [0.15, 0.2) is 11.6 Å². The third-order valence-electron chi connectivity index (χ3n) is 6.28. The molecule has 1 aliphatic heterocycles. The molecule has 1 aliphatic rings. The summed E-state index contributed by atoms with van der Waals surface area (Å²) >= 11 is 0. The molecule has 13 heteroatoms. The number of nitrogens with one attached hydrogen (secondary N) is 2. The Balaban J connectivity index is 1.40. The van der Waals surface area contributed by atoms with Gasteiger partial charge >= 0.3 is 0 Å². The van der Waals surface area contributed by atoms with Crippen molar-refractivity contribution in [3.63, 3.8) is 0 Å².